The molecule has 0 unspecified atom stereocenters. The van der Waals surface area contributed by atoms with Gasteiger partial charge in [0.25, 0.3) is 0 Å². The van der Waals surface area contributed by atoms with Gasteiger partial charge in [-0.05, 0) is 42.5 Å². The second-order valence-corrected chi connectivity index (χ2v) is 5.55. The summed E-state index contributed by atoms with van der Waals surface area (Å²) in [5, 5.41) is 9.41. The number of carbonyl (C=O) groups is 1. The molecule has 0 spiro atoms. The molecule has 1 heterocycles. The average molecular weight is 316 g/mol. The highest BCUT2D eigenvalue weighted by Gasteiger charge is 2.22. The smallest absolute Gasteiger partial charge is 0.409 e. The normalized spacial score (nSPS) is 14.3. The van der Waals surface area contributed by atoms with E-state index in [0.717, 1.165) is 24.0 Å². The van der Waals surface area contributed by atoms with Crippen molar-refractivity contribution in [3.05, 3.63) is 41.2 Å². The van der Waals surface area contributed by atoms with Crippen molar-refractivity contribution in [1.29, 1.82) is 5.26 Å². The Labute approximate surface area is 136 Å². The van der Waals surface area contributed by atoms with Gasteiger partial charge in [0.1, 0.15) is 5.82 Å². The number of rotatable bonds is 4. The molecule has 23 heavy (non-hydrogen) atoms. The number of halogens is 1. The zero-order valence-electron chi connectivity index (χ0n) is 13.3. The van der Waals surface area contributed by atoms with Crippen LogP contribution in [0.4, 0.5) is 9.18 Å². The molecule has 1 amide bonds. The van der Waals surface area contributed by atoms with Crippen molar-refractivity contribution >= 4 is 11.7 Å². The molecule has 1 aromatic rings. The summed E-state index contributed by atoms with van der Waals surface area (Å²) in [6, 6.07) is 8.16. The third-order valence-electron chi connectivity index (χ3n) is 3.95. The summed E-state index contributed by atoms with van der Waals surface area (Å²) < 4.78 is 18.2. The lowest BCUT2D eigenvalue weighted by Gasteiger charge is -2.28. The van der Waals surface area contributed by atoms with Gasteiger partial charge < -0.3 is 9.64 Å². The lowest BCUT2D eigenvalue weighted by Crippen LogP contribution is -2.37. The molecule has 0 aliphatic carbocycles. The lowest BCUT2D eigenvalue weighted by molar-refractivity contribution is 0.0984. The number of amides is 1. The first kappa shape index (κ1) is 17.0. The zero-order valence-corrected chi connectivity index (χ0v) is 13.3. The average Bonchev–Trinajstić information content (AvgIpc) is 2.58. The number of nitrogens with zero attached hydrogens (tertiary/aromatic N) is 2. The van der Waals surface area contributed by atoms with E-state index in [4.69, 9.17) is 4.74 Å². The Hall–Kier alpha value is -2.35. The van der Waals surface area contributed by atoms with Crippen molar-refractivity contribution in [2.24, 2.45) is 0 Å². The van der Waals surface area contributed by atoms with Crippen molar-refractivity contribution < 1.29 is 13.9 Å². The Balaban J connectivity index is 2.00. The molecule has 1 aliphatic heterocycles. The molecule has 0 atom stereocenters. The highest BCUT2D eigenvalue weighted by Crippen LogP contribution is 2.26. The molecule has 1 fully saturated rings. The molecule has 0 bridgehead atoms. The first-order valence-corrected chi connectivity index (χ1v) is 7.95. The van der Waals surface area contributed by atoms with Gasteiger partial charge in [0, 0.05) is 13.1 Å². The van der Waals surface area contributed by atoms with Crippen LogP contribution >= 0.6 is 0 Å². The van der Waals surface area contributed by atoms with Gasteiger partial charge >= 0.3 is 6.09 Å². The van der Waals surface area contributed by atoms with Gasteiger partial charge in [-0.15, -0.1) is 0 Å². The minimum Gasteiger partial charge on any atom is -0.449 e. The summed E-state index contributed by atoms with van der Waals surface area (Å²) in [6.45, 7) is 3.59. The van der Waals surface area contributed by atoms with Crippen molar-refractivity contribution in [2.75, 3.05) is 19.7 Å². The fraction of sp³-hybridized carbons (Fsp3) is 0.444. The number of benzene rings is 1. The Kier molecular flexibility index (Phi) is 6.16. The minimum atomic E-state index is -0.319. The number of carbonyl (C=O) groups excluding carboxylic acids is 1. The van der Waals surface area contributed by atoms with Gasteiger partial charge in [-0.1, -0.05) is 25.5 Å². The predicted octanol–water partition coefficient (Wildman–Crippen LogP) is 4.14. The fourth-order valence-corrected chi connectivity index (χ4v) is 2.57. The van der Waals surface area contributed by atoms with E-state index in [0.29, 0.717) is 38.1 Å². The molecule has 0 aromatic heterocycles. The van der Waals surface area contributed by atoms with E-state index in [1.807, 2.05) is 6.92 Å². The van der Waals surface area contributed by atoms with Gasteiger partial charge in [-0.3, -0.25) is 0 Å². The number of hydrogen-bond donors (Lipinski definition) is 0. The number of nitriles is 1. The van der Waals surface area contributed by atoms with Gasteiger partial charge in [-0.25, -0.2) is 9.18 Å². The lowest BCUT2D eigenvalue weighted by atomic mass is 9.94. The molecule has 1 aromatic carbocycles. The quantitative estimate of drug-likeness (QED) is 0.620. The maximum Gasteiger partial charge on any atom is 0.409 e. The molecule has 4 nitrogen and oxygen atoms in total. The number of ether oxygens (including phenoxy) is 1. The van der Waals surface area contributed by atoms with Crippen molar-refractivity contribution in [3.8, 4) is 6.07 Å². The fourth-order valence-electron chi connectivity index (χ4n) is 2.57. The number of unbranched alkanes of at least 4 members (excludes halogenated alkanes) is 1. The Morgan fingerprint density at radius 1 is 1.30 bits per heavy atom. The number of allylic oxidation sites excluding steroid dienone is 1. The summed E-state index contributed by atoms with van der Waals surface area (Å²) in [7, 11) is 0. The van der Waals surface area contributed by atoms with Crippen molar-refractivity contribution in [3.63, 3.8) is 0 Å². The molecular formula is C18H21FN2O2. The Morgan fingerprint density at radius 2 is 1.96 bits per heavy atom. The van der Waals surface area contributed by atoms with Crippen LogP contribution < -0.4 is 0 Å². The van der Waals surface area contributed by atoms with Crippen LogP contribution in [-0.2, 0) is 4.74 Å². The predicted molar refractivity (Wildman–Crippen MR) is 86.0 cm³/mol. The van der Waals surface area contributed by atoms with Gasteiger partial charge in [0.2, 0.25) is 0 Å². The van der Waals surface area contributed by atoms with E-state index in [-0.39, 0.29) is 11.9 Å². The third-order valence-corrected chi connectivity index (χ3v) is 3.95. The monoisotopic (exact) mass is 316 g/mol. The third kappa shape index (κ3) is 4.56. The standard InChI is InChI=1S/C18H21FN2O2/c1-2-3-12-23-18(22)21-10-8-15(9-11-21)17(13-20)14-4-6-16(19)7-5-14/h4-7H,2-3,8-12H2,1H3. The molecule has 2 rings (SSSR count). The summed E-state index contributed by atoms with van der Waals surface area (Å²) >= 11 is 0. The van der Waals surface area contributed by atoms with Crippen LogP contribution in [0.5, 0.6) is 0 Å². The van der Waals surface area contributed by atoms with Crippen molar-refractivity contribution in [2.45, 2.75) is 32.6 Å². The summed E-state index contributed by atoms with van der Waals surface area (Å²) in [5.74, 6) is -0.319. The summed E-state index contributed by atoms with van der Waals surface area (Å²) in [5.41, 5.74) is 2.32. The molecular weight excluding hydrogens is 295 g/mol. The van der Waals surface area contributed by atoms with Gasteiger partial charge in [-0.2, -0.15) is 5.26 Å². The highest BCUT2D eigenvalue weighted by atomic mass is 19.1. The Bertz CT molecular complexity index is 607. The molecule has 0 N–H and O–H groups in total. The molecule has 0 radical (unpaired) electrons. The second-order valence-electron chi connectivity index (χ2n) is 5.55. The SMILES string of the molecule is CCCCOC(=O)N1CCC(=C(C#N)c2ccc(F)cc2)CC1. The molecule has 5 heteroatoms. The second kappa shape index (κ2) is 8.33. The first-order valence-electron chi connectivity index (χ1n) is 7.95. The van der Waals surface area contributed by atoms with E-state index >= 15 is 0 Å². The maximum absolute atomic E-state index is 13.0. The first-order chi connectivity index (χ1) is 11.2. The van der Waals surface area contributed by atoms with Gasteiger partial charge in [0.15, 0.2) is 0 Å². The van der Waals surface area contributed by atoms with Crippen LogP contribution in [0, 0.1) is 17.1 Å². The van der Waals surface area contributed by atoms with Crippen LogP contribution in [0.15, 0.2) is 29.8 Å². The summed E-state index contributed by atoms with van der Waals surface area (Å²) in [4.78, 5) is 13.6. The Morgan fingerprint density at radius 3 is 2.52 bits per heavy atom. The number of piperidine rings is 1. The minimum absolute atomic E-state index is 0.280. The number of hydrogen-bond acceptors (Lipinski definition) is 3. The highest BCUT2D eigenvalue weighted by molar-refractivity contribution is 5.79. The van der Waals surface area contributed by atoms with E-state index in [1.165, 1.54) is 12.1 Å². The molecule has 122 valence electrons. The molecule has 1 saturated heterocycles. The number of likely N-dealkylation sites (tertiary alicyclic amines) is 1. The van der Waals surface area contributed by atoms with E-state index in [2.05, 4.69) is 6.07 Å². The summed E-state index contributed by atoms with van der Waals surface area (Å²) in [6.07, 6.45) is 2.86. The molecule has 1 aliphatic rings. The zero-order chi connectivity index (χ0) is 16.7. The topological polar surface area (TPSA) is 53.3 Å². The van der Waals surface area contributed by atoms with Crippen LogP contribution in [-0.4, -0.2) is 30.7 Å². The molecule has 0 saturated carbocycles. The van der Waals surface area contributed by atoms with Crippen LogP contribution in [0.3, 0.4) is 0 Å². The van der Waals surface area contributed by atoms with E-state index < -0.39 is 0 Å². The van der Waals surface area contributed by atoms with Crippen LogP contribution in [0.1, 0.15) is 38.2 Å². The maximum atomic E-state index is 13.0. The van der Waals surface area contributed by atoms with E-state index in [9.17, 15) is 14.4 Å². The van der Waals surface area contributed by atoms with Crippen LogP contribution in [0.25, 0.3) is 5.57 Å². The van der Waals surface area contributed by atoms with Crippen molar-refractivity contribution in [1.82, 2.24) is 4.90 Å². The van der Waals surface area contributed by atoms with Crippen LogP contribution in [0.2, 0.25) is 0 Å². The van der Waals surface area contributed by atoms with E-state index in [1.54, 1.807) is 17.0 Å². The van der Waals surface area contributed by atoms with Gasteiger partial charge in [0.05, 0.1) is 18.2 Å². The largest absolute Gasteiger partial charge is 0.449 e.